The number of aliphatic hydroxyl groups is 1. The number of aromatic amines is 1. The van der Waals surface area contributed by atoms with Gasteiger partial charge in [-0.1, -0.05) is 42.5 Å². The number of hydrogen-bond donors (Lipinski definition) is 3. The largest absolute Gasteiger partial charge is 0.392 e. The van der Waals surface area contributed by atoms with Crippen molar-refractivity contribution in [1.29, 1.82) is 0 Å². The van der Waals surface area contributed by atoms with Crippen molar-refractivity contribution < 1.29 is 5.11 Å². The van der Waals surface area contributed by atoms with E-state index in [1.165, 1.54) is 5.56 Å². The maximum atomic E-state index is 10.1. The Kier molecular flexibility index (Phi) is 4.19. The minimum absolute atomic E-state index is 0.254. The molecule has 2 heterocycles. The molecule has 0 radical (unpaired) electrons. The Labute approximate surface area is 141 Å². The summed E-state index contributed by atoms with van der Waals surface area (Å²) in [5.74, 6) is 0.789. The molecule has 0 aliphatic carbocycles. The maximum Gasteiger partial charge on any atom is 0.201 e. The van der Waals surface area contributed by atoms with Crippen LogP contribution in [0, 0.1) is 0 Å². The number of nitrogens with zero attached hydrogens (tertiary/aromatic N) is 2. The van der Waals surface area contributed by atoms with E-state index >= 15 is 0 Å². The van der Waals surface area contributed by atoms with Crippen molar-refractivity contribution in [3.05, 3.63) is 60.2 Å². The molecular weight excluding hydrogens is 300 g/mol. The van der Waals surface area contributed by atoms with E-state index in [2.05, 4.69) is 44.5 Å². The molecule has 124 valence electrons. The van der Waals surface area contributed by atoms with Gasteiger partial charge in [-0.2, -0.15) is 0 Å². The SMILES string of the molecule is OC1CC(CNc2nc3ccccc3[nH]2)N(Cc2ccccc2)C1. The fraction of sp³-hybridized carbons (Fsp3) is 0.316. The molecule has 2 unspecified atom stereocenters. The molecule has 1 aromatic heterocycles. The molecule has 2 atom stereocenters. The van der Waals surface area contributed by atoms with Crippen LogP contribution in [0.25, 0.3) is 11.0 Å². The van der Waals surface area contributed by atoms with Crippen molar-refractivity contribution in [2.75, 3.05) is 18.4 Å². The quantitative estimate of drug-likeness (QED) is 0.676. The highest BCUT2D eigenvalue weighted by atomic mass is 16.3. The first kappa shape index (κ1) is 15.2. The van der Waals surface area contributed by atoms with Crippen LogP contribution < -0.4 is 5.32 Å². The van der Waals surface area contributed by atoms with Crippen molar-refractivity contribution in [2.45, 2.75) is 25.1 Å². The number of aromatic nitrogens is 2. The van der Waals surface area contributed by atoms with Crippen LogP contribution in [0.5, 0.6) is 0 Å². The molecule has 5 heteroatoms. The molecule has 3 aromatic rings. The number of likely N-dealkylation sites (tertiary alicyclic amines) is 1. The second kappa shape index (κ2) is 6.63. The number of rotatable bonds is 5. The average Bonchev–Trinajstić information content (AvgIpc) is 3.16. The number of para-hydroxylation sites is 2. The fourth-order valence-corrected chi connectivity index (χ4v) is 3.43. The summed E-state index contributed by atoms with van der Waals surface area (Å²) in [5.41, 5.74) is 3.28. The molecule has 0 amide bonds. The third-order valence-electron chi connectivity index (χ3n) is 4.63. The Morgan fingerprint density at radius 1 is 1.12 bits per heavy atom. The molecular formula is C19H22N4O. The van der Waals surface area contributed by atoms with Crippen LogP contribution in [0.1, 0.15) is 12.0 Å². The minimum atomic E-state index is -0.254. The molecule has 4 rings (SSSR count). The van der Waals surface area contributed by atoms with Gasteiger partial charge in [-0.05, 0) is 24.1 Å². The lowest BCUT2D eigenvalue weighted by Gasteiger charge is -2.24. The summed E-state index contributed by atoms with van der Waals surface area (Å²) in [6, 6.07) is 18.7. The van der Waals surface area contributed by atoms with Gasteiger partial charge in [-0.25, -0.2) is 4.98 Å². The molecule has 1 aliphatic heterocycles. The topological polar surface area (TPSA) is 64.2 Å². The number of benzene rings is 2. The molecule has 0 bridgehead atoms. The normalized spacial score (nSPS) is 21.4. The van der Waals surface area contributed by atoms with Crippen molar-refractivity contribution in [1.82, 2.24) is 14.9 Å². The van der Waals surface area contributed by atoms with Crippen LogP contribution >= 0.6 is 0 Å². The van der Waals surface area contributed by atoms with Gasteiger partial charge in [-0.15, -0.1) is 0 Å². The Hall–Kier alpha value is -2.37. The molecule has 0 spiro atoms. The smallest absolute Gasteiger partial charge is 0.201 e. The molecule has 5 nitrogen and oxygen atoms in total. The second-order valence-electron chi connectivity index (χ2n) is 6.44. The molecule has 1 saturated heterocycles. The summed E-state index contributed by atoms with van der Waals surface area (Å²) in [7, 11) is 0. The summed E-state index contributed by atoms with van der Waals surface area (Å²) in [6.07, 6.45) is 0.538. The molecule has 24 heavy (non-hydrogen) atoms. The zero-order valence-corrected chi connectivity index (χ0v) is 13.5. The first-order chi connectivity index (χ1) is 11.8. The van der Waals surface area contributed by atoms with Crippen LogP contribution in [0.3, 0.4) is 0 Å². The van der Waals surface area contributed by atoms with Crippen LogP contribution in [0.15, 0.2) is 54.6 Å². The zero-order chi connectivity index (χ0) is 16.4. The predicted molar refractivity (Wildman–Crippen MR) is 95.8 cm³/mol. The number of β-amino-alcohol motifs (C(OH)–C–C–N with tert-alkyl or cyclic N) is 1. The van der Waals surface area contributed by atoms with Crippen LogP contribution in [-0.2, 0) is 6.54 Å². The average molecular weight is 322 g/mol. The highest BCUT2D eigenvalue weighted by molar-refractivity contribution is 5.77. The van der Waals surface area contributed by atoms with E-state index in [0.29, 0.717) is 6.04 Å². The van der Waals surface area contributed by atoms with Gasteiger partial charge in [0.2, 0.25) is 5.95 Å². The van der Waals surface area contributed by atoms with E-state index in [4.69, 9.17) is 0 Å². The second-order valence-corrected chi connectivity index (χ2v) is 6.44. The summed E-state index contributed by atoms with van der Waals surface area (Å²) in [6.45, 7) is 2.36. The van der Waals surface area contributed by atoms with Crippen molar-refractivity contribution in [2.24, 2.45) is 0 Å². The van der Waals surface area contributed by atoms with E-state index in [9.17, 15) is 5.11 Å². The fourth-order valence-electron chi connectivity index (χ4n) is 3.43. The Morgan fingerprint density at radius 3 is 2.75 bits per heavy atom. The highest BCUT2D eigenvalue weighted by Crippen LogP contribution is 2.21. The number of aliphatic hydroxyl groups excluding tert-OH is 1. The lowest BCUT2D eigenvalue weighted by molar-refractivity contribution is 0.173. The number of nitrogens with one attached hydrogen (secondary N) is 2. The summed E-state index contributed by atoms with van der Waals surface area (Å²) in [5, 5.41) is 13.5. The van der Waals surface area contributed by atoms with Gasteiger partial charge in [0.25, 0.3) is 0 Å². The van der Waals surface area contributed by atoms with E-state index < -0.39 is 0 Å². The Morgan fingerprint density at radius 2 is 1.92 bits per heavy atom. The third kappa shape index (κ3) is 3.27. The van der Waals surface area contributed by atoms with Gasteiger partial charge in [0.15, 0.2) is 0 Å². The first-order valence-electron chi connectivity index (χ1n) is 8.42. The summed E-state index contributed by atoms with van der Waals surface area (Å²) >= 11 is 0. The van der Waals surface area contributed by atoms with Crippen LogP contribution in [0.4, 0.5) is 5.95 Å². The van der Waals surface area contributed by atoms with Crippen LogP contribution in [0.2, 0.25) is 0 Å². The van der Waals surface area contributed by atoms with Gasteiger partial charge in [0.1, 0.15) is 0 Å². The number of H-pyrrole nitrogens is 1. The van der Waals surface area contributed by atoms with Gasteiger partial charge < -0.3 is 15.4 Å². The maximum absolute atomic E-state index is 10.1. The van der Waals surface area contributed by atoms with Crippen LogP contribution in [-0.4, -0.2) is 45.2 Å². The van der Waals surface area contributed by atoms with E-state index in [-0.39, 0.29) is 6.10 Å². The summed E-state index contributed by atoms with van der Waals surface area (Å²) < 4.78 is 0. The van der Waals surface area contributed by atoms with Gasteiger partial charge in [-0.3, -0.25) is 4.90 Å². The predicted octanol–water partition coefficient (Wildman–Crippen LogP) is 2.61. The van der Waals surface area contributed by atoms with E-state index in [1.54, 1.807) is 0 Å². The molecule has 0 saturated carbocycles. The Bertz CT molecular complexity index is 768. The minimum Gasteiger partial charge on any atom is -0.392 e. The number of fused-ring (bicyclic) bond motifs is 1. The van der Waals surface area contributed by atoms with E-state index in [0.717, 1.165) is 43.0 Å². The Balaban J connectivity index is 1.42. The highest BCUT2D eigenvalue weighted by Gasteiger charge is 2.30. The molecule has 2 aromatic carbocycles. The molecule has 3 N–H and O–H groups in total. The standard InChI is InChI=1S/C19H22N4O/c24-16-10-15(23(13-16)12-14-6-2-1-3-7-14)11-20-19-21-17-8-4-5-9-18(17)22-19/h1-9,15-16,24H,10-13H2,(H2,20,21,22). The van der Waals surface area contributed by atoms with E-state index in [1.807, 2.05) is 30.3 Å². The first-order valence-corrected chi connectivity index (χ1v) is 8.42. The van der Waals surface area contributed by atoms with Crippen molar-refractivity contribution in [3.63, 3.8) is 0 Å². The number of anilines is 1. The van der Waals surface area contributed by atoms with Gasteiger partial charge in [0, 0.05) is 25.7 Å². The molecule has 1 aliphatic rings. The number of imidazole rings is 1. The zero-order valence-electron chi connectivity index (χ0n) is 13.5. The monoisotopic (exact) mass is 322 g/mol. The summed E-state index contributed by atoms with van der Waals surface area (Å²) in [4.78, 5) is 10.2. The van der Waals surface area contributed by atoms with Gasteiger partial charge >= 0.3 is 0 Å². The van der Waals surface area contributed by atoms with Gasteiger partial charge in [0.05, 0.1) is 17.1 Å². The van der Waals surface area contributed by atoms with Crippen molar-refractivity contribution in [3.8, 4) is 0 Å². The lowest BCUT2D eigenvalue weighted by atomic mass is 10.1. The lowest BCUT2D eigenvalue weighted by Crippen LogP contribution is -2.34. The molecule has 1 fully saturated rings. The number of hydrogen-bond acceptors (Lipinski definition) is 4. The third-order valence-corrected chi connectivity index (χ3v) is 4.63. The van der Waals surface area contributed by atoms with Crippen molar-refractivity contribution >= 4 is 17.0 Å².